The molecule has 6 heteroatoms. The molecule has 0 heterocycles. The summed E-state index contributed by atoms with van der Waals surface area (Å²) in [5.74, 6) is -0.274. The number of hydrogen-bond acceptors (Lipinski definition) is 4. The van der Waals surface area contributed by atoms with Gasteiger partial charge in [-0.1, -0.05) is 27.2 Å². The molecular formula is C15H23NO4S. The predicted molar refractivity (Wildman–Crippen MR) is 83.9 cm³/mol. The third-order valence-corrected chi connectivity index (χ3v) is 4.33. The molecule has 1 aromatic carbocycles. The Labute approximate surface area is 126 Å². The fourth-order valence-electron chi connectivity index (χ4n) is 1.73. The van der Waals surface area contributed by atoms with E-state index in [1.54, 1.807) is 24.3 Å². The number of esters is 1. The summed E-state index contributed by atoms with van der Waals surface area (Å²) in [6.45, 7) is 6.10. The molecule has 118 valence electrons. The molecule has 0 aromatic heterocycles. The zero-order valence-electron chi connectivity index (χ0n) is 12.8. The Morgan fingerprint density at radius 3 is 2.38 bits per heavy atom. The van der Waals surface area contributed by atoms with E-state index in [1.165, 1.54) is 0 Å². The van der Waals surface area contributed by atoms with Crippen LogP contribution in [0.5, 0.6) is 0 Å². The second-order valence-corrected chi connectivity index (χ2v) is 7.11. The van der Waals surface area contributed by atoms with Crippen LogP contribution in [0.2, 0.25) is 0 Å². The van der Waals surface area contributed by atoms with E-state index in [2.05, 4.69) is 4.72 Å². The minimum Gasteiger partial charge on any atom is -0.462 e. The molecule has 0 amide bonds. The molecule has 1 rings (SSSR count). The van der Waals surface area contributed by atoms with Gasteiger partial charge in [0.2, 0.25) is 10.0 Å². The van der Waals surface area contributed by atoms with E-state index < -0.39 is 10.0 Å². The normalized spacial score (nSPS) is 11.4. The molecule has 0 aliphatic rings. The van der Waals surface area contributed by atoms with E-state index in [-0.39, 0.29) is 17.6 Å². The smallest absolute Gasteiger partial charge is 0.338 e. The first kappa shape index (κ1) is 17.5. The second-order valence-electron chi connectivity index (χ2n) is 5.34. The number of ether oxygens (including phenoxy) is 1. The van der Waals surface area contributed by atoms with E-state index in [1.807, 2.05) is 20.8 Å². The van der Waals surface area contributed by atoms with Gasteiger partial charge in [-0.25, -0.2) is 13.2 Å². The van der Waals surface area contributed by atoms with E-state index in [4.69, 9.17) is 4.74 Å². The molecule has 0 saturated carbocycles. The molecule has 0 unspecified atom stereocenters. The van der Waals surface area contributed by atoms with Crippen LogP contribution in [0.15, 0.2) is 24.3 Å². The van der Waals surface area contributed by atoms with Crippen molar-refractivity contribution in [1.29, 1.82) is 0 Å². The highest BCUT2D eigenvalue weighted by atomic mass is 32.2. The highest BCUT2D eigenvalue weighted by Gasteiger charge is 2.13. The Balaban J connectivity index is 2.64. The molecule has 21 heavy (non-hydrogen) atoms. The molecule has 5 nitrogen and oxygen atoms in total. The maximum Gasteiger partial charge on any atom is 0.338 e. The average Bonchev–Trinajstić information content (AvgIpc) is 2.37. The Morgan fingerprint density at radius 1 is 1.24 bits per heavy atom. The van der Waals surface area contributed by atoms with Gasteiger partial charge in [-0.2, -0.15) is 0 Å². The van der Waals surface area contributed by atoms with Gasteiger partial charge in [0.25, 0.3) is 0 Å². The summed E-state index contributed by atoms with van der Waals surface area (Å²) in [4.78, 5) is 11.7. The first-order valence-corrected chi connectivity index (χ1v) is 8.77. The summed E-state index contributed by atoms with van der Waals surface area (Å²) in [7, 11) is -3.35. The molecule has 1 aromatic rings. The van der Waals surface area contributed by atoms with Crippen molar-refractivity contribution < 1.29 is 17.9 Å². The van der Waals surface area contributed by atoms with E-state index in [0.29, 0.717) is 17.9 Å². The van der Waals surface area contributed by atoms with Gasteiger partial charge < -0.3 is 4.74 Å². The number of rotatable bonds is 8. The molecule has 0 aliphatic heterocycles. The Kier molecular flexibility index (Phi) is 6.68. The fraction of sp³-hybridized carbons (Fsp3) is 0.533. The summed E-state index contributed by atoms with van der Waals surface area (Å²) in [5.41, 5.74) is 0.860. The van der Waals surface area contributed by atoms with Gasteiger partial charge in [0, 0.05) is 5.69 Å². The Morgan fingerprint density at radius 2 is 1.86 bits per heavy atom. The zero-order chi connectivity index (χ0) is 15.9. The van der Waals surface area contributed by atoms with Crippen LogP contribution in [0.3, 0.4) is 0 Å². The topological polar surface area (TPSA) is 72.5 Å². The molecule has 0 saturated heterocycles. The van der Waals surface area contributed by atoms with Crippen LogP contribution in [0, 0.1) is 5.92 Å². The average molecular weight is 313 g/mol. The van der Waals surface area contributed by atoms with Gasteiger partial charge in [0.1, 0.15) is 0 Å². The summed E-state index contributed by atoms with van der Waals surface area (Å²) in [6, 6.07) is 6.24. The minimum atomic E-state index is -3.35. The lowest BCUT2D eigenvalue weighted by atomic mass is 10.2. The molecule has 0 spiro atoms. The van der Waals surface area contributed by atoms with Gasteiger partial charge >= 0.3 is 5.97 Å². The predicted octanol–water partition coefficient (Wildman–Crippen LogP) is 3.04. The molecule has 0 aliphatic carbocycles. The van der Waals surface area contributed by atoms with Crippen molar-refractivity contribution in [2.75, 3.05) is 17.1 Å². The van der Waals surface area contributed by atoms with Gasteiger partial charge in [-0.3, -0.25) is 4.72 Å². The second kappa shape index (κ2) is 8.02. The van der Waals surface area contributed by atoms with Gasteiger partial charge in [0.15, 0.2) is 0 Å². The van der Waals surface area contributed by atoms with Gasteiger partial charge in [-0.05, 0) is 36.6 Å². The first-order chi connectivity index (χ1) is 9.84. The molecular weight excluding hydrogens is 290 g/mol. The number of unbranched alkanes of at least 4 members (excludes halogenated alkanes) is 1. The Hall–Kier alpha value is -1.56. The number of hydrogen-bond donors (Lipinski definition) is 1. The molecule has 0 fully saturated rings. The molecule has 0 bridgehead atoms. The van der Waals surface area contributed by atoms with Crippen LogP contribution in [-0.2, 0) is 14.8 Å². The Bertz CT molecular complexity index is 550. The standard InChI is InChI=1S/C15H23NO4S/c1-4-5-10-20-15(17)13-6-8-14(9-7-13)16-21(18,19)11-12(2)3/h6-9,12,16H,4-5,10-11H2,1-3H3. The van der Waals surface area contributed by atoms with Crippen molar-refractivity contribution in [3.8, 4) is 0 Å². The van der Waals surface area contributed by atoms with Crippen molar-refractivity contribution in [2.24, 2.45) is 5.92 Å². The molecule has 1 N–H and O–H groups in total. The fourth-order valence-corrected chi connectivity index (χ4v) is 3.18. The highest BCUT2D eigenvalue weighted by molar-refractivity contribution is 7.92. The largest absolute Gasteiger partial charge is 0.462 e. The van der Waals surface area contributed by atoms with Crippen LogP contribution in [0.25, 0.3) is 0 Å². The lowest BCUT2D eigenvalue weighted by molar-refractivity contribution is 0.0500. The van der Waals surface area contributed by atoms with Crippen LogP contribution >= 0.6 is 0 Å². The summed E-state index contributed by atoms with van der Waals surface area (Å²) in [5, 5.41) is 0. The van der Waals surface area contributed by atoms with Crippen LogP contribution < -0.4 is 4.72 Å². The molecule has 0 radical (unpaired) electrons. The minimum absolute atomic E-state index is 0.0512. The third-order valence-electron chi connectivity index (χ3n) is 2.68. The van der Waals surface area contributed by atoms with E-state index in [9.17, 15) is 13.2 Å². The van der Waals surface area contributed by atoms with Gasteiger partial charge in [-0.15, -0.1) is 0 Å². The van der Waals surface area contributed by atoms with Crippen LogP contribution in [0.4, 0.5) is 5.69 Å². The van der Waals surface area contributed by atoms with Crippen molar-refractivity contribution in [1.82, 2.24) is 0 Å². The van der Waals surface area contributed by atoms with Crippen molar-refractivity contribution in [2.45, 2.75) is 33.6 Å². The monoisotopic (exact) mass is 313 g/mol. The number of sulfonamides is 1. The number of nitrogens with one attached hydrogen (secondary N) is 1. The number of carbonyl (C=O) groups is 1. The van der Waals surface area contributed by atoms with E-state index in [0.717, 1.165) is 12.8 Å². The number of carbonyl (C=O) groups excluding carboxylic acids is 1. The number of anilines is 1. The van der Waals surface area contributed by atoms with Crippen molar-refractivity contribution in [3.05, 3.63) is 29.8 Å². The quantitative estimate of drug-likeness (QED) is 0.591. The molecule has 0 atom stereocenters. The summed E-state index contributed by atoms with van der Waals surface area (Å²) in [6.07, 6.45) is 1.79. The van der Waals surface area contributed by atoms with Crippen LogP contribution in [-0.4, -0.2) is 26.7 Å². The third kappa shape index (κ3) is 6.62. The lowest BCUT2D eigenvalue weighted by Gasteiger charge is -2.10. The van der Waals surface area contributed by atoms with Crippen LogP contribution in [0.1, 0.15) is 44.0 Å². The highest BCUT2D eigenvalue weighted by Crippen LogP contribution is 2.13. The maximum absolute atomic E-state index is 11.8. The SMILES string of the molecule is CCCCOC(=O)c1ccc(NS(=O)(=O)CC(C)C)cc1. The summed E-state index contributed by atoms with van der Waals surface area (Å²) < 4.78 is 31.2. The van der Waals surface area contributed by atoms with Gasteiger partial charge in [0.05, 0.1) is 17.9 Å². The van der Waals surface area contributed by atoms with Crippen molar-refractivity contribution >= 4 is 21.7 Å². The lowest BCUT2D eigenvalue weighted by Crippen LogP contribution is -2.20. The zero-order valence-corrected chi connectivity index (χ0v) is 13.6. The van der Waals surface area contributed by atoms with Crippen molar-refractivity contribution in [3.63, 3.8) is 0 Å². The maximum atomic E-state index is 11.8. The summed E-state index contributed by atoms with van der Waals surface area (Å²) >= 11 is 0. The van der Waals surface area contributed by atoms with E-state index >= 15 is 0 Å². The first-order valence-electron chi connectivity index (χ1n) is 7.11. The number of benzene rings is 1.